The number of fused-ring (bicyclic) bond motifs is 3. The third kappa shape index (κ3) is 2.63. The third-order valence-electron chi connectivity index (χ3n) is 4.61. The topological polar surface area (TPSA) is 38.3 Å². The lowest BCUT2D eigenvalue weighted by molar-refractivity contribution is -0.00775. The summed E-state index contributed by atoms with van der Waals surface area (Å²) in [7, 11) is 0. The van der Waals surface area contributed by atoms with Crippen LogP contribution in [-0.4, -0.2) is 40.8 Å². The van der Waals surface area contributed by atoms with Crippen LogP contribution in [0.3, 0.4) is 0 Å². The molecule has 3 aliphatic rings. The van der Waals surface area contributed by atoms with E-state index in [2.05, 4.69) is 27.2 Å². The number of ether oxygens (including phenoxy) is 1. The van der Waals surface area contributed by atoms with Gasteiger partial charge < -0.3 is 4.74 Å². The van der Waals surface area contributed by atoms with Crippen LogP contribution >= 0.6 is 0 Å². The highest BCUT2D eigenvalue weighted by molar-refractivity contribution is 5.59. The molecule has 21 heavy (non-hydrogen) atoms. The Kier molecular flexibility index (Phi) is 3.31. The highest BCUT2D eigenvalue weighted by Crippen LogP contribution is 2.31. The summed E-state index contributed by atoms with van der Waals surface area (Å²) < 4.78 is 6.20. The van der Waals surface area contributed by atoms with Gasteiger partial charge in [-0.2, -0.15) is 10.2 Å². The zero-order valence-electron chi connectivity index (χ0n) is 12.0. The predicted octanol–water partition coefficient (Wildman–Crippen LogP) is 2.62. The highest BCUT2D eigenvalue weighted by atomic mass is 16.5. The predicted molar refractivity (Wildman–Crippen MR) is 81.0 cm³/mol. The lowest BCUT2D eigenvalue weighted by Gasteiger charge is -2.44. The van der Waals surface area contributed by atoms with Gasteiger partial charge in [0, 0.05) is 18.3 Å². The van der Waals surface area contributed by atoms with Crippen LogP contribution in [0.25, 0.3) is 11.3 Å². The van der Waals surface area contributed by atoms with Crippen molar-refractivity contribution in [3.63, 3.8) is 0 Å². The fraction of sp³-hybridized carbons (Fsp3) is 0.412. The van der Waals surface area contributed by atoms with Crippen molar-refractivity contribution >= 4 is 0 Å². The molecule has 4 heteroatoms. The molecule has 4 nitrogen and oxygen atoms in total. The zero-order valence-corrected chi connectivity index (χ0v) is 12.0. The molecule has 0 N–H and O–H groups in total. The number of piperidine rings is 3. The third-order valence-corrected chi connectivity index (χ3v) is 4.61. The quantitative estimate of drug-likeness (QED) is 0.867. The molecule has 1 unspecified atom stereocenters. The van der Waals surface area contributed by atoms with Gasteiger partial charge in [0.25, 0.3) is 0 Å². The minimum atomic E-state index is 0.356. The first-order chi connectivity index (χ1) is 10.4. The van der Waals surface area contributed by atoms with Gasteiger partial charge in [0.05, 0.1) is 5.69 Å². The molecule has 2 aromatic rings. The van der Waals surface area contributed by atoms with Crippen LogP contribution in [-0.2, 0) is 0 Å². The first-order valence-electron chi connectivity index (χ1n) is 7.66. The summed E-state index contributed by atoms with van der Waals surface area (Å²) in [6.45, 7) is 3.57. The number of benzene rings is 1. The second-order valence-electron chi connectivity index (χ2n) is 5.93. The van der Waals surface area contributed by atoms with E-state index in [-0.39, 0.29) is 0 Å². The maximum atomic E-state index is 6.20. The average molecular weight is 281 g/mol. The van der Waals surface area contributed by atoms with Gasteiger partial charge in [0.1, 0.15) is 11.9 Å². The van der Waals surface area contributed by atoms with E-state index in [0.29, 0.717) is 6.10 Å². The summed E-state index contributed by atoms with van der Waals surface area (Å²) >= 11 is 0. The van der Waals surface area contributed by atoms with Gasteiger partial charge in [0.15, 0.2) is 0 Å². The molecule has 5 rings (SSSR count). The van der Waals surface area contributed by atoms with E-state index in [1.165, 1.54) is 25.9 Å². The van der Waals surface area contributed by atoms with Gasteiger partial charge in [0.2, 0.25) is 0 Å². The van der Waals surface area contributed by atoms with Crippen molar-refractivity contribution in [1.29, 1.82) is 0 Å². The zero-order chi connectivity index (χ0) is 14.1. The van der Waals surface area contributed by atoms with E-state index in [9.17, 15) is 0 Å². The molecular formula is C17H19N3O. The molecular weight excluding hydrogens is 262 g/mol. The van der Waals surface area contributed by atoms with Gasteiger partial charge in [-0.05, 0) is 68.2 Å². The van der Waals surface area contributed by atoms with Crippen molar-refractivity contribution in [2.45, 2.75) is 18.9 Å². The number of hydrogen-bond acceptors (Lipinski definition) is 4. The monoisotopic (exact) mass is 281 g/mol. The van der Waals surface area contributed by atoms with Crippen LogP contribution < -0.4 is 4.74 Å². The Balaban J connectivity index is 1.47. The standard InChI is InChI=1S/C17H19N3O/c1-2-16(19-18-9-1)13-3-5-15(6-4-13)21-17-12-20-10-7-14(17)8-11-20/h1-6,9,14,17H,7-8,10-12H2. The van der Waals surface area contributed by atoms with E-state index in [1.54, 1.807) is 6.20 Å². The SMILES string of the molecule is c1cnnc(-c2ccc(OC3CN4CCC3CC4)cc2)c1. The normalized spacial score (nSPS) is 27.5. The van der Waals surface area contributed by atoms with Crippen molar-refractivity contribution in [1.82, 2.24) is 15.1 Å². The summed E-state index contributed by atoms with van der Waals surface area (Å²) in [5.41, 5.74) is 1.97. The Hall–Kier alpha value is -1.94. The molecule has 1 aromatic heterocycles. The molecule has 3 fully saturated rings. The summed E-state index contributed by atoms with van der Waals surface area (Å²) in [5.74, 6) is 1.69. The molecule has 3 saturated heterocycles. The summed E-state index contributed by atoms with van der Waals surface area (Å²) in [6.07, 6.45) is 4.61. The molecule has 0 saturated carbocycles. The molecule has 2 bridgehead atoms. The van der Waals surface area contributed by atoms with Gasteiger partial charge in [-0.25, -0.2) is 0 Å². The maximum absolute atomic E-state index is 6.20. The number of hydrogen-bond donors (Lipinski definition) is 0. The van der Waals surface area contributed by atoms with Crippen LogP contribution in [0, 0.1) is 5.92 Å². The van der Waals surface area contributed by atoms with E-state index < -0.39 is 0 Å². The van der Waals surface area contributed by atoms with Gasteiger partial charge >= 0.3 is 0 Å². The average Bonchev–Trinajstić information content (AvgIpc) is 2.57. The number of rotatable bonds is 3. The first kappa shape index (κ1) is 12.8. The van der Waals surface area contributed by atoms with Gasteiger partial charge in [-0.15, -0.1) is 0 Å². The molecule has 0 radical (unpaired) electrons. The lowest BCUT2D eigenvalue weighted by atomic mass is 9.86. The number of nitrogens with zero attached hydrogens (tertiary/aromatic N) is 3. The number of aromatic nitrogens is 2. The minimum absolute atomic E-state index is 0.356. The van der Waals surface area contributed by atoms with E-state index in [4.69, 9.17) is 4.74 Å². The minimum Gasteiger partial charge on any atom is -0.489 e. The summed E-state index contributed by atoms with van der Waals surface area (Å²) in [5, 5.41) is 8.04. The van der Waals surface area contributed by atoms with Crippen LogP contribution in [0.4, 0.5) is 0 Å². The van der Waals surface area contributed by atoms with Crippen molar-refractivity contribution < 1.29 is 4.74 Å². The van der Waals surface area contributed by atoms with Gasteiger partial charge in [-0.1, -0.05) is 0 Å². The largest absolute Gasteiger partial charge is 0.489 e. The van der Waals surface area contributed by atoms with Crippen LogP contribution in [0.5, 0.6) is 5.75 Å². The second-order valence-corrected chi connectivity index (χ2v) is 5.93. The Morgan fingerprint density at radius 1 is 1.05 bits per heavy atom. The molecule has 1 aromatic carbocycles. The summed E-state index contributed by atoms with van der Waals surface area (Å²) in [4.78, 5) is 2.51. The fourth-order valence-corrected chi connectivity index (χ4v) is 3.38. The van der Waals surface area contributed by atoms with E-state index in [1.807, 2.05) is 24.3 Å². The van der Waals surface area contributed by atoms with Crippen molar-refractivity contribution in [3.05, 3.63) is 42.6 Å². The van der Waals surface area contributed by atoms with Crippen LogP contribution in [0.1, 0.15) is 12.8 Å². The molecule has 108 valence electrons. The smallest absolute Gasteiger partial charge is 0.119 e. The Bertz CT molecular complexity index is 591. The molecule has 4 heterocycles. The van der Waals surface area contributed by atoms with Crippen molar-refractivity contribution in [2.75, 3.05) is 19.6 Å². The van der Waals surface area contributed by atoms with Crippen LogP contribution in [0.15, 0.2) is 42.6 Å². The second kappa shape index (κ2) is 5.45. The Morgan fingerprint density at radius 2 is 1.86 bits per heavy atom. The van der Waals surface area contributed by atoms with E-state index in [0.717, 1.165) is 29.5 Å². The maximum Gasteiger partial charge on any atom is 0.119 e. The molecule has 0 amide bonds. The Labute approximate surface area is 124 Å². The molecule has 0 aliphatic carbocycles. The Morgan fingerprint density at radius 3 is 2.48 bits per heavy atom. The summed E-state index contributed by atoms with van der Waals surface area (Å²) in [6, 6.07) is 12.1. The molecule has 3 aliphatic heterocycles. The van der Waals surface area contributed by atoms with Gasteiger partial charge in [-0.3, -0.25) is 4.90 Å². The molecule has 1 atom stereocenters. The lowest BCUT2D eigenvalue weighted by Crippen LogP contribution is -2.52. The van der Waals surface area contributed by atoms with E-state index >= 15 is 0 Å². The highest BCUT2D eigenvalue weighted by Gasteiger charge is 2.35. The first-order valence-corrected chi connectivity index (χ1v) is 7.66. The van der Waals surface area contributed by atoms with Crippen molar-refractivity contribution in [3.8, 4) is 17.0 Å². The van der Waals surface area contributed by atoms with Crippen LogP contribution in [0.2, 0.25) is 0 Å². The fourth-order valence-electron chi connectivity index (χ4n) is 3.38. The van der Waals surface area contributed by atoms with Crippen molar-refractivity contribution in [2.24, 2.45) is 5.92 Å². The molecule has 0 spiro atoms.